The topological polar surface area (TPSA) is 180 Å². The molecule has 0 bridgehead atoms. The molecule has 4 amide bonds. The van der Waals surface area contributed by atoms with Crippen LogP contribution in [0, 0.1) is 23.7 Å². The fourth-order valence-corrected chi connectivity index (χ4v) is 11.7. The van der Waals surface area contributed by atoms with Crippen LogP contribution in [0.2, 0.25) is 0 Å². The molecule has 7 atom stereocenters. The highest BCUT2D eigenvalue weighted by Crippen LogP contribution is 2.66. The number of carbonyl (C=O) groups is 5. The maximum atomic E-state index is 16.9. The molecule has 6 aromatic rings. The minimum Gasteiger partial charge on any atom is -0.491 e. The SMILES string of the molecule is COC(=O)[C@@H](NC(=O)N1C(=O)[C@@]2(c3cc(C#CCN(C)Cc4ccccc4)ccc31)[C@H](c1ccc(OCCO)cc1)N1[C@H](c3ccccc3)[C@H](c3ccccc3)OC(=O)[C@H]1[C@@H]2C(=O)Nc1ccc(N2CCOCC2)cc1)C(C)C. The lowest BCUT2D eigenvalue weighted by Crippen LogP contribution is -2.57. The minimum absolute atomic E-state index is 0.0159. The first-order valence-electron chi connectivity index (χ1n) is 26.7. The lowest BCUT2D eigenvalue weighted by molar-refractivity contribution is -0.177. The number of anilines is 3. The summed E-state index contributed by atoms with van der Waals surface area (Å²) in [5, 5.41) is 15.7. The maximum Gasteiger partial charge on any atom is 0.329 e. The molecule has 4 aliphatic rings. The van der Waals surface area contributed by atoms with Crippen molar-refractivity contribution < 1.29 is 48.0 Å². The summed E-state index contributed by atoms with van der Waals surface area (Å²) in [6.07, 6.45) is -0.957. The molecule has 16 heteroatoms. The highest BCUT2D eigenvalue weighted by molar-refractivity contribution is 6.25. The van der Waals surface area contributed by atoms with E-state index in [4.69, 9.17) is 18.9 Å². The summed E-state index contributed by atoms with van der Waals surface area (Å²) < 4.78 is 23.3. The van der Waals surface area contributed by atoms with Crippen molar-refractivity contribution in [3.05, 3.63) is 191 Å². The number of urea groups is 1. The first-order valence-corrected chi connectivity index (χ1v) is 26.7. The monoisotopic (exact) mass is 1060 g/mol. The van der Waals surface area contributed by atoms with Crippen LogP contribution in [0.3, 0.4) is 0 Å². The number of ether oxygens (including phenoxy) is 4. The number of benzene rings is 6. The van der Waals surface area contributed by atoms with Crippen molar-refractivity contribution in [2.75, 3.05) is 75.3 Å². The lowest BCUT2D eigenvalue weighted by Gasteiger charge is -2.46. The molecule has 406 valence electrons. The third kappa shape index (κ3) is 10.7. The zero-order valence-electron chi connectivity index (χ0n) is 44.6. The Morgan fingerprint density at radius 1 is 0.810 bits per heavy atom. The molecule has 0 unspecified atom stereocenters. The zero-order chi connectivity index (χ0) is 55.2. The average Bonchev–Trinajstić information content (AvgIpc) is 2.16. The van der Waals surface area contributed by atoms with Gasteiger partial charge in [0.25, 0.3) is 0 Å². The molecule has 0 aliphatic carbocycles. The Kier molecular flexibility index (Phi) is 16.2. The number of carbonyl (C=O) groups excluding carboxylic acids is 5. The highest BCUT2D eigenvalue weighted by Gasteiger charge is 2.75. The largest absolute Gasteiger partial charge is 0.491 e. The Morgan fingerprint density at radius 2 is 1.47 bits per heavy atom. The second-order valence-corrected chi connectivity index (χ2v) is 20.6. The molecule has 1 spiro atoms. The number of morpholine rings is 2. The maximum absolute atomic E-state index is 16.9. The third-order valence-corrected chi connectivity index (χ3v) is 15.3. The van der Waals surface area contributed by atoms with Gasteiger partial charge < -0.3 is 39.6 Å². The van der Waals surface area contributed by atoms with Crippen molar-refractivity contribution in [3.63, 3.8) is 0 Å². The number of imide groups is 1. The smallest absolute Gasteiger partial charge is 0.329 e. The molecule has 3 fully saturated rings. The van der Waals surface area contributed by atoms with Gasteiger partial charge in [0.2, 0.25) is 11.8 Å². The van der Waals surface area contributed by atoms with E-state index in [1.165, 1.54) is 7.11 Å². The molecule has 3 saturated heterocycles. The minimum atomic E-state index is -2.12. The van der Waals surface area contributed by atoms with Gasteiger partial charge in [-0.1, -0.05) is 129 Å². The van der Waals surface area contributed by atoms with E-state index in [2.05, 4.69) is 32.3 Å². The quantitative estimate of drug-likeness (QED) is 0.0678. The second kappa shape index (κ2) is 23.7. The number of aliphatic hydroxyl groups excluding tert-OH is 1. The lowest BCUT2D eigenvalue weighted by atomic mass is 9.65. The van der Waals surface area contributed by atoms with Crippen LogP contribution in [0.5, 0.6) is 5.75 Å². The van der Waals surface area contributed by atoms with Gasteiger partial charge in [-0.3, -0.25) is 24.2 Å². The van der Waals surface area contributed by atoms with E-state index >= 15 is 19.2 Å². The number of amides is 4. The van der Waals surface area contributed by atoms with Gasteiger partial charge in [-0.2, -0.15) is 0 Å². The Balaban J connectivity index is 1.21. The fraction of sp³-hybridized carbons (Fsp3) is 0.317. The van der Waals surface area contributed by atoms with Crippen molar-refractivity contribution in [2.45, 2.75) is 56.1 Å². The summed E-state index contributed by atoms with van der Waals surface area (Å²) >= 11 is 0. The van der Waals surface area contributed by atoms with Crippen LogP contribution >= 0.6 is 0 Å². The van der Waals surface area contributed by atoms with Crippen LogP contribution in [0.4, 0.5) is 21.9 Å². The molecule has 3 N–H and O–H groups in total. The summed E-state index contributed by atoms with van der Waals surface area (Å²) in [6.45, 7) is 6.83. The standard InChI is InChI=1S/C63H64N6O10/c1-41(2)53(59(72)76-4)65-62(75)68-51-31-22-42(17-14-32-66(3)40-43-15-8-5-9-16-43)39-50(51)63(61(68)74)52(58(71)64-47-25-27-48(28-26-47)67-33-36-77-37-34-67)55-60(73)79-56(45-20-12-7-13-21-45)54(44-18-10-6-11-19-44)69(55)57(63)46-23-29-49(30-24-46)78-38-35-70/h5-13,15-16,18-31,39,41,52-57,70H,32-38,40H2,1-4H3,(H,64,71)(H,65,75)/t52-,53+,54-,55-,56+,57+,63-/m1/s1. The molecule has 4 aliphatic heterocycles. The van der Waals surface area contributed by atoms with Gasteiger partial charge in [0.05, 0.1) is 57.2 Å². The Bertz CT molecular complexity index is 3220. The van der Waals surface area contributed by atoms with Crippen molar-refractivity contribution in [1.29, 1.82) is 0 Å². The van der Waals surface area contributed by atoms with Crippen molar-refractivity contribution in [1.82, 2.24) is 15.1 Å². The highest BCUT2D eigenvalue weighted by atomic mass is 16.6. The molecule has 6 aromatic carbocycles. The number of hydrogen-bond acceptors (Lipinski definition) is 13. The van der Waals surface area contributed by atoms with Crippen molar-refractivity contribution in [3.8, 4) is 17.6 Å². The molecule has 0 aromatic heterocycles. The molecule has 4 heterocycles. The van der Waals surface area contributed by atoms with Crippen molar-refractivity contribution >= 4 is 46.8 Å². The molecular formula is C63H64N6O10. The predicted molar refractivity (Wildman–Crippen MR) is 298 cm³/mol. The number of methoxy groups -OCH3 is 1. The first-order chi connectivity index (χ1) is 38.4. The van der Waals surface area contributed by atoms with Gasteiger partial charge in [0.1, 0.15) is 36.0 Å². The van der Waals surface area contributed by atoms with Crippen LogP contribution in [-0.2, 0) is 45.3 Å². The number of aliphatic hydroxyl groups is 1. The van der Waals surface area contributed by atoms with E-state index in [-0.39, 0.29) is 24.5 Å². The molecule has 0 saturated carbocycles. The number of rotatable bonds is 15. The van der Waals surface area contributed by atoms with Gasteiger partial charge >= 0.3 is 18.0 Å². The van der Waals surface area contributed by atoms with Crippen molar-refractivity contribution in [2.24, 2.45) is 11.8 Å². The first kappa shape index (κ1) is 54.0. The molecule has 79 heavy (non-hydrogen) atoms. The summed E-state index contributed by atoms with van der Waals surface area (Å²) in [4.78, 5) is 84.7. The zero-order valence-corrected chi connectivity index (χ0v) is 44.6. The Hall–Kier alpha value is -8.33. The molecule has 0 radical (unpaired) electrons. The van der Waals surface area contributed by atoms with E-state index in [0.717, 1.165) is 21.7 Å². The van der Waals surface area contributed by atoms with Gasteiger partial charge in [0, 0.05) is 36.6 Å². The van der Waals surface area contributed by atoms with Gasteiger partial charge in [-0.25, -0.2) is 14.5 Å². The average molecular weight is 1070 g/mol. The Morgan fingerprint density at radius 3 is 2.11 bits per heavy atom. The third-order valence-electron chi connectivity index (χ3n) is 15.3. The number of cyclic esters (lactones) is 1. The second-order valence-electron chi connectivity index (χ2n) is 20.6. The van der Waals surface area contributed by atoms with Gasteiger partial charge in [-0.05, 0) is 95.4 Å². The van der Waals surface area contributed by atoms with Gasteiger partial charge in [0.15, 0.2) is 0 Å². The fourth-order valence-electron chi connectivity index (χ4n) is 11.7. The molecule has 16 nitrogen and oxygen atoms in total. The number of nitrogens with zero attached hydrogens (tertiary/aromatic N) is 4. The van der Waals surface area contributed by atoms with E-state index in [1.54, 1.807) is 68.4 Å². The summed E-state index contributed by atoms with van der Waals surface area (Å²) in [5.41, 5.74) is 3.10. The van der Waals surface area contributed by atoms with Crippen LogP contribution in [0.1, 0.15) is 65.4 Å². The Labute approximate surface area is 460 Å². The van der Waals surface area contributed by atoms with E-state index < -0.39 is 77.3 Å². The number of nitrogens with one attached hydrogen (secondary N) is 2. The van der Waals surface area contributed by atoms with Crippen LogP contribution in [0.15, 0.2) is 158 Å². The summed E-state index contributed by atoms with van der Waals surface area (Å²) in [6, 6.07) is 42.8. The van der Waals surface area contributed by atoms with E-state index in [0.29, 0.717) is 67.5 Å². The number of fused-ring (bicyclic) bond motifs is 3. The van der Waals surface area contributed by atoms with Gasteiger partial charge in [-0.15, -0.1) is 0 Å². The number of esters is 2. The number of hydrogen-bond donors (Lipinski definition) is 3. The van der Waals surface area contributed by atoms with E-state index in [1.807, 2.05) is 115 Å². The normalized spacial score (nSPS) is 21.9. The summed E-state index contributed by atoms with van der Waals surface area (Å²) in [7, 11) is 3.19. The van der Waals surface area contributed by atoms with E-state index in [9.17, 15) is 9.90 Å². The van der Waals surface area contributed by atoms with Crippen LogP contribution in [0.25, 0.3) is 0 Å². The predicted octanol–water partition coefficient (Wildman–Crippen LogP) is 7.59. The summed E-state index contributed by atoms with van der Waals surface area (Å²) in [5.74, 6) is 2.00. The van der Waals surface area contributed by atoms with Crippen LogP contribution < -0.4 is 25.2 Å². The molecular weight excluding hydrogens is 1000 g/mol. The molecule has 10 rings (SSSR count). The van der Waals surface area contributed by atoms with Crippen LogP contribution in [-0.4, -0.2) is 117 Å².